The second kappa shape index (κ2) is 10.3. The van der Waals surface area contributed by atoms with Crippen molar-refractivity contribution in [2.45, 2.75) is 13.8 Å². The van der Waals surface area contributed by atoms with Gasteiger partial charge in [-0.25, -0.2) is 0 Å². The van der Waals surface area contributed by atoms with Crippen LogP contribution in [0.4, 0.5) is 11.4 Å². The van der Waals surface area contributed by atoms with Crippen molar-refractivity contribution in [3.8, 4) is 11.5 Å². The highest BCUT2D eigenvalue weighted by Crippen LogP contribution is 2.26. The summed E-state index contributed by atoms with van der Waals surface area (Å²) in [6.45, 7) is 3.99. The zero-order valence-electron chi connectivity index (χ0n) is 18.6. The van der Waals surface area contributed by atoms with Gasteiger partial charge < -0.3 is 20.1 Å². The highest BCUT2D eigenvalue weighted by atomic mass is 16.5. The molecule has 0 aliphatic heterocycles. The number of carbonyl (C=O) groups is 2. The Hall–Kier alpha value is -4.06. The van der Waals surface area contributed by atoms with Gasteiger partial charge >= 0.3 is 0 Å². The SMILES string of the molecule is COc1ccccc1NC(=O)C(=Cc1ccc(C)c(C)c1)C(=O)Nc1ccccc1OC. The molecule has 0 bridgehead atoms. The fraction of sp³-hybridized carbons (Fsp3) is 0.154. The molecule has 0 aromatic heterocycles. The highest BCUT2D eigenvalue weighted by molar-refractivity contribution is 6.29. The van der Waals surface area contributed by atoms with Crippen LogP contribution in [-0.2, 0) is 9.59 Å². The normalized spacial score (nSPS) is 10.1. The second-order valence-corrected chi connectivity index (χ2v) is 7.21. The molecular weight excluding hydrogens is 404 g/mol. The molecule has 0 aliphatic rings. The minimum absolute atomic E-state index is 0.0509. The lowest BCUT2D eigenvalue weighted by Crippen LogP contribution is -2.25. The van der Waals surface area contributed by atoms with Gasteiger partial charge in [0.25, 0.3) is 11.8 Å². The lowest BCUT2D eigenvalue weighted by molar-refractivity contribution is -0.118. The topological polar surface area (TPSA) is 76.7 Å². The Kier molecular flexibility index (Phi) is 7.29. The Morgan fingerprint density at radius 3 is 1.69 bits per heavy atom. The number of ether oxygens (including phenoxy) is 2. The van der Waals surface area contributed by atoms with Crippen LogP contribution in [0.5, 0.6) is 11.5 Å². The van der Waals surface area contributed by atoms with Crippen LogP contribution in [0.15, 0.2) is 72.3 Å². The maximum Gasteiger partial charge on any atom is 0.261 e. The molecule has 0 spiro atoms. The number of anilines is 2. The number of carbonyl (C=O) groups excluding carboxylic acids is 2. The van der Waals surface area contributed by atoms with Crippen molar-refractivity contribution in [2.75, 3.05) is 24.9 Å². The molecule has 0 saturated heterocycles. The summed E-state index contributed by atoms with van der Waals surface area (Å²) in [5.74, 6) is -0.117. The van der Waals surface area contributed by atoms with E-state index in [9.17, 15) is 9.59 Å². The number of hydrogen-bond acceptors (Lipinski definition) is 4. The van der Waals surface area contributed by atoms with Crippen molar-refractivity contribution < 1.29 is 19.1 Å². The summed E-state index contributed by atoms with van der Waals surface area (Å²) < 4.78 is 10.6. The van der Waals surface area contributed by atoms with E-state index in [1.54, 1.807) is 54.6 Å². The lowest BCUT2D eigenvalue weighted by atomic mass is 10.0. The van der Waals surface area contributed by atoms with Gasteiger partial charge in [0.15, 0.2) is 0 Å². The van der Waals surface area contributed by atoms with Crippen molar-refractivity contribution in [3.63, 3.8) is 0 Å². The Morgan fingerprint density at radius 1 is 0.719 bits per heavy atom. The molecule has 0 unspecified atom stereocenters. The predicted octanol–water partition coefficient (Wildman–Crippen LogP) is 4.98. The lowest BCUT2D eigenvalue weighted by Gasteiger charge is -2.14. The third-order valence-electron chi connectivity index (χ3n) is 5.04. The molecule has 6 nitrogen and oxygen atoms in total. The molecular formula is C26H26N2O4. The molecule has 0 atom stereocenters. The molecule has 0 heterocycles. The first-order valence-corrected chi connectivity index (χ1v) is 10.1. The van der Waals surface area contributed by atoms with Gasteiger partial charge in [0, 0.05) is 0 Å². The average Bonchev–Trinajstić information content (AvgIpc) is 2.80. The van der Waals surface area contributed by atoms with Crippen LogP contribution in [0.25, 0.3) is 6.08 Å². The summed E-state index contributed by atoms with van der Waals surface area (Å²) in [6, 6.07) is 19.8. The monoisotopic (exact) mass is 430 g/mol. The van der Waals surface area contributed by atoms with Crippen molar-refractivity contribution in [1.82, 2.24) is 0 Å². The number of hydrogen-bond donors (Lipinski definition) is 2. The van der Waals surface area contributed by atoms with Gasteiger partial charge in [-0.2, -0.15) is 0 Å². The first kappa shape index (κ1) is 22.6. The van der Waals surface area contributed by atoms with Gasteiger partial charge in [-0.05, 0) is 60.9 Å². The molecule has 6 heteroatoms. The average molecular weight is 431 g/mol. The van der Waals surface area contributed by atoms with Gasteiger partial charge in [0.1, 0.15) is 17.1 Å². The zero-order valence-corrected chi connectivity index (χ0v) is 18.6. The van der Waals surface area contributed by atoms with E-state index in [0.717, 1.165) is 16.7 Å². The van der Waals surface area contributed by atoms with E-state index < -0.39 is 11.8 Å². The Bertz CT molecular complexity index is 1100. The Morgan fingerprint density at radius 2 is 1.22 bits per heavy atom. The summed E-state index contributed by atoms with van der Waals surface area (Å²) in [4.78, 5) is 26.4. The Labute approximate surface area is 187 Å². The van der Waals surface area contributed by atoms with Gasteiger partial charge in [0.05, 0.1) is 25.6 Å². The largest absolute Gasteiger partial charge is 0.495 e. The van der Waals surface area contributed by atoms with Crippen LogP contribution in [0, 0.1) is 13.8 Å². The molecule has 32 heavy (non-hydrogen) atoms. The van der Waals surface area contributed by atoms with Gasteiger partial charge in [-0.15, -0.1) is 0 Å². The predicted molar refractivity (Wildman–Crippen MR) is 127 cm³/mol. The number of nitrogens with one attached hydrogen (secondary N) is 2. The molecule has 3 aromatic rings. The molecule has 3 aromatic carbocycles. The molecule has 2 amide bonds. The standard InChI is InChI=1S/C26H26N2O4/c1-17-13-14-19(15-18(17)2)16-20(25(29)27-21-9-5-7-11-23(21)31-3)26(30)28-22-10-6-8-12-24(22)32-4/h5-16H,1-4H3,(H,27,29)(H,28,30). The van der Waals surface area contributed by atoms with E-state index in [-0.39, 0.29) is 5.57 Å². The maximum atomic E-state index is 13.2. The fourth-order valence-corrected chi connectivity index (χ4v) is 3.13. The molecule has 0 radical (unpaired) electrons. The van der Waals surface area contributed by atoms with E-state index in [1.165, 1.54) is 14.2 Å². The zero-order chi connectivity index (χ0) is 23.1. The van der Waals surface area contributed by atoms with Crippen molar-refractivity contribution in [2.24, 2.45) is 0 Å². The fourth-order valence-electron chi connectivity index (χ4n) is 3.13. The number of rotatable bonds is 7. The third-order valence-corrected chi connectivity index (χ3v) is 5.04. The van der Waals surface area contributed by atoms with Crippen LogP contribution in [-0.4, -0.2) is 26.0 Å². The van der Waals surface area contributed by atoms with Crippen molar-refractivity contribution in [3.05, 3.63) is 89.0 Å². The van der Waals surface area contributed by atoms with Gasteiger partial charge in [-0.1, -0.05) is 42.5 Å². The number of amides is 2. The smallest absolute Gasteiger partial charge is 0.261 e. The minimum atomic E-state index is -0.555. The molecule has 0 aliphatic carbocycles. The van der Waals surface area contributed by atoms with Crippen molar-refractivity contribution in [1.29, 1.82) is 0 Å². The van der Waals surface area contributed by atoms with E-state index >= 15 is 0 Å². The summed E-state index contributed by atoms with van der Waals surface area (Å²) in [5, 5.41) is 5.56. The molecule has 0 fully saturated rings. The van der Waals surface area contributed by atoms with Crippen molar-refractivity contribution >= 4 is 29.3 Å². The van der Waals surface area contributed by atoms with E-state index in [1.807, 2.05) is 32.0 Å². The minimum Gasteiger partial charge on any atom is -0.495 e. The van der Waals surface area contributed by atoms with Crippen LogP contribution in [0.2, 0.25) is 0 Å². The quantitative estimate of drug-likeness (QED) is 0.315. The van der Waals surface area contributed by atoms with Crippen LogP contribution < -0.4 is 20.1 Å². The number of para-hydroxylation sites is 4. The highest BCUT2D eigenvalue weighted by Gasteiger charge is 2.21. The van der Waals surface area contributed by atoms with E-state index in [4.69, 9.17) is 9.47 Å². The summed E-state index contributed by atoms with van der Waals surface area (Å²) >= 11 is 0. The van der Waals surface area contributed by atoms with Gasteiger partial charge in [0.2, 0.25) is 0 Å². The Balaban J connectivity index is 1.98. The molecule has 2 N–H and O–H groups in total. The first-order valence-electron chi connectivity index (χ1n) is 10.1. The molecule has 3 rings (SSSR count). The second-order valence-electron chi connectivity index (χ2n) is 7.21. The van der Waals surface area contributed by atoms with E-state index in [0.29, 0.717) is 22.9 Å². The van der Waals surface area contributed by atoms with E-state index in [2.05, 4.69) is 10.6 Å². The first-order chi connectivity index (χ1) is 15.4. The number of aryl methyl sites for hydroxylation is 2. The van der Waals surface area contributed by atoms with Gasteiger partial charge in [-0.3, -0.25) is 9.59 Å². The van der Waals surface area contributed by atoms with Crippen LogP contribution in [0.3, 0.4) is 0 Å². The summed E-state index contributed by atoms with van der Waals surface area (Å²) in [6.07, 6.45) is 1.57. The maximum absolute atomic E-state index is 13.2. The van der Waals surface area contributed by atoms with Crippen LogP contribution in [0.1, 0.15) is 16.7 Å². The molecule has 0 saturated carbocycles. The summed E-state index contributed by atoms with van der Waals surface area (Å²) in [5.41, 5.74) is 3.82. The molecule has 164 valence electrons. The number of benzene rings is 3. The number of methoxy groups -OCH3 is 2. The third kappa shape index (κ3) is 5.35. The summed E-state index contributed by atoms with van der Waals surface area (Å²) in [7, 11) is 3.04. The van der Waals surface area contributed by atoms with Crippen LogP contribution >= 0.6 is 0 Å².